The van der Waals surface area contributed by atoms with Crippen molar-refractivity contribution in [2.45, 2.75) is 0 Å². The summed E-state index contributed by atoms with van der Waals surface area (Å²) in [6, 6.07) is 7.54. The summed E-state index contributed by atoms with van der Waals surface area (Å²) in [4.78, 5) is 0. The van der Waals surface area contributed by atoms with Crippen LogP contribution in [0.2, 0.25) is 5.02 Å². The van der Waals surface area contributed by atoms with E-state index in [0.29, 0.717) is 0 Å². The van der Waals surface area contributed by atoms with Crippen LogP contribution in [0, 0.1) is 26.6 Å². The Morgan fingerprint density at radius 3 is 1.84 bits per heavy atom. The molecule has 0 spiro atoms. The molecule has 0 amide bonds. The molecule has 2 radical (unpaired) electrons. The SMILES string of the molecule is CO[C]/C=C/c1ccc(Cl)cc1.[C-]#[O+].[C-]#[O+].[C-]#[O+].[Cr]. The van der Waals surface area contributed by atoms with Crippen LogP contribution in [0.15, 0.2) is 30.3 Å². The number of rotatable bonds is 3. The van der Waals surface area contributed by atoms with Gasteiger partial charge in [0, 0.05) is 29.5 Å². The predicted molar refractivity (Wildman–Crippen MR) is 62.5 cm³/mol. The molecule has 4 nitrogen and oxygen atoms in total. The molecule has 0 saturated carbocycles. The van der Waals surface area contributed by atoms with Gasteiger partial charge in [0.1, 0.15) is 0 Å². The van der Waals surface area contributed by atoms with Crippen molar-refractivity contribution in [1.29, 1.82) is 0 Å². The predicted octanol–water partition coefficient (Wildman–Crippen LogP) is 2.92. The molecular weight excluding hydrogens is 308 g/mol. The summed E-state index contributed by atoms with van der Waals surface area (Å²) in [6.45, 7) is 16.1. The average Bonchev–Trinajstić information content (AvgIpc) is 2.48. The Labute approximate surface area is 128 Å². The van der Waals surface area contributed by atoms with E-state index >= 15 is 0 Å². The van der Waals surface area contributed by atoms with Crippen LogP contribution in [-0.2, 0) is 36.1 Å². The molecule has 0 aliphatic carbocycles. The third-order valence-corrected chi connectivity index (χ3v) is 1.58. The fourth-order valence-corrected chi connectivity index (χ4v) is 0.898. The van der Waals surface area contributed by atoms with Crippen molar-refractivity contribution in [3.05, 3.63) is 67.5 Å². The zero-order valence-corrected chi connectivity index (χ0v) is 11.9. The first kappa shape index (κ1) is 26.5. The molecule has 1 rings (SSSR count). The van der Waals surface area contributed by atoms with E-state index in [1.54, 1.807) is 13.2 Å². The van der Waals surface area contributed by atoms with Gasteiger partial charge in [-0.15, -0.1) is 0 Å². The molecule has 0 aliphatic heterocycles. The maximum absolute atomic E-state index is 7.50. The van der Waals surface area contributed by atoms with E-state index in [-0.39, 0.29) is 17.4 Å². The number of benzene rings is 1. The van der Waals surface area contributed by atoms with Crippen LogP contribution >= 0.6 is 11.6 Å². The molecule has 0 N–H and O–H groups in total. The Hall–Kier alpha value is -1.04. The van der Waals surface area contributed by atoms with E-state index in [2.05, 4.69) is 31.3 Å². The quantitative estimate of drug-likeness (QED) is 0.624. The Morgan fingerprint density at radius 1 is 1.05 bits per heavy atom. The summed E-state index contributed by atoms with van der Waals surface area (Å²) < 4.78 is 27.1. The van der Waals surface area contributed by atoms with E-state index in [9.17, 15) is 0 Å². The zero-order valence-electron chi connectivity index (χ0n) is 9.88. The average molecular weight is 317 g/mol. The summed E-state index contributed by atoms with van der Waals surface area (Å²) in [5, 5.41) is 0.742. The van der Waals surface area contributed by atoms with Crippen molar-refractivity contribution >= 4 is 17.7 Å². The van der Waals surface area contributed by atoms with Crippen LogP contribution < -0.4 is 0 Å². The molecule has 1 aromatic rings. The standard InChI is InChI=1S/C10H9ClO.3CO.Cr/c1-12-8-2-3-9-4-6-10(11)7-5-9;3*1-2;/h2-7H,1H3;;;;/b3-2+;;;;. The molecule has 19 heavy (non-hydrogen) atoms. The third-order valence-electron chi connectivity index (χ3n) is 1.33. The number of hydrogen-bond donors (Lipinski definition) is 0. The van der Waals surface area contributed by atoms with Crippen molar-refractivity contribution in [2.75, 3.05) is 7.11 Å². The molecule has 0 fully saturated rings. The van der Waals surface area contributed by atoms with Crippen LogP contribution in [0.1, 0.15) is 5.56 Å². The van der Waals surface area contributed by atoms with Gasteiger partial charge in [0.15, 0.2) is 6.61 Å². The summed E-state index contributed by atoms with van der Waals surface area (Å²) in [6.07, 6.45) is 3.60. The summed E-state index contributed by atoms with van der Waals surface area (Å²) >= 11 is 5.71. The molecule has 98 valence electrons. The molecule has 1 aromatic carbocycles. The van der Waals surface area contributed by atoms with Crippen molar-refractivity contribution in [2.24, 2.45) is 0 Å². The summed E-state index contributed by atoms with van der Waals surface area (Å²) in [5.74, 6) is 0. The van der Waals surface area contributed by atoms with Gasteiger partial charge in [-0.1, -0.05) is 29.8 Å². The maximum Gasteiger partial charge on any atom is 0 e. The van der Waals surface area contributed by atoms with Gasteiger partial charge in [-0.05, 0) is 23.8 Å². The number of methoxy groups -OCH3 is 1. The Kier molecular flexibility index (Phi) is 35.9. The monoisotopic (exact) mass is 316 g/mol. The Morgan fingerprint density at radius 2 is 1.47 bits per heavy atom. The molecule has 0 atom stereocenters. The normalized spacial score (nSPS) is 7.16. The van der Waals surface area contributed by atoms with Crippen molar-refractivity contribution < 1.29 is 36.1 Å². The minimum atomic E-state index is 0. The molecule has 0 saturated heterocycles. The second-order valence-electron chi connectivity index (χ2n) is 2.21. The number of halogens is 1. The topological polar surface area (TPSA) is 68.9 Å². The van der Waals surface area contributed by atoms with Gasteiger partial charge in [0.25, 0.3) is 0 Å². The molecule has 0 heterocycles. The Balaban J connectivity index is -0.000000142. The van der Waals surface area contributed by atoms with E-state index in [0.717, 1.165) is 10.6 Å². The first-order chi connectivity index (χ1) is 8.83. The second-order valence-corrected chi connectivity index (χ2v) is 2.64. The van der Waals surface area contributed by atoms with Gasteiger partial charge >= 0.3 is 33.9 Å². The van der Waals surface area contributed by atoms with E-state index in [4.69, 9.17) is 25.6 Å². The fraction of sp³-hybridized carbons (Fsp3) is 0.0769. The van der Waals surface area contributed by atoms with E-state index < -0.39 is 0 Å². The number of ether oxygens (including phenoxy) is 1. The van der Waals surface area contributed by atoms with E-state index in [1.165, 1.54) is 0 Å². The molecular formula is C13H9ClCrO4. The maximum atomic E-state index is 7.50. The van der Waals surface area contributed by atoms with Gasteiger partial charge in [-0.3, -0.25) is 0 Å². The summed E-state index contributed by atoms with van der Waals surface area (Å²) in [5.41, 5.74) is 1.07. The smallest absolute Gasteiger partial charge is 0 e. The number of hydrogen-bond acceptors (Lipinski definition) is 1. The molecule has 0 aromatic heterocycles. The zero-order chi connectivity index (χ0) is 14.8. The van der Waals surface area contributed by atoms with Gasteiger partial charge in [0.05, 0.1) is 0 Å². The molecule has 0 unspecified atom stereocenters. The van der Waals surface area contributed by atoms with Crippen LogP contribution in [0.5, 0.6) is 0 Å². The van der Waals surface area contributed by atoms with Crippen LogP contribution in [0.4, 0.5) is 0 Å². The third kappa shape index (κ3) is 19.5. The first-order valence-electron chi connectivity index (χ1n) is 4.15. The van der Waals surface area contributed by atoms with Gasteiger partial charge in [-0.2, -0.15) is 0 Å². The van der Waals surface area contributed by atoms with Gasteiger partial charge < -0.3 is 4.74 Å². The summed E-state index contributed by atoms with van der Waals surface area (Å²) in [7, 11) is 1.56. The van der Waals surface area contributed by atoms with Crippen molar-refractivity contribution in [3.8, 4) is 0 Å². The van der Waals surface area contributed by atoms with Crippen molar-refractivity contribution in [3.63, 3.8) is 0 Å². The molecule has 0 aliphatic rings. The van der Waals surface area contributed by atoms with Crippen molar-refractivity contribution in [1.82, 2.24) is 0 Å². The van der Waals surface area contributed by atoms with Gasteiger partial charge in [-0.25, -0.2) is 0 Å². The minimum absolute atomic E-state index is 0. The Bertz CT molecular complexity index is 354. The fourth-order valence-electron chi connectivity index (χ4n) is 0.772. The largest absolute Gasteiger partial charge is 0 e. The van der Waals surface area contributed by atoms with E-state index in [1.807, 2.05) is 30.3 Å². The van der Waals surface area contributed by atoms with Gasteiger partial charge in [0.2, 0.25) is 0 Å². The first-order valence-corrected chi connectivity index (χ1v) is 4.52. The minimum Gasteiger partial charge on any atom is 0 e. The van der Waals surface area contributed by atoms with Crippen LogP contribution in [0.3, 0.4) is 0 Å². The molecule has 0 bridgehead atoms. The van der Waals surface area contributed by atoms with Crippen LogP contribution in [0.25, 0.3) is 6.08 Å². The molecule has 6 heteroatoms. The van der Waals surface area contributed by atoms with Crippen LogP contribution in [-0.4, -0.2) is 7.11 Å². The second kappa shape index (κ2) is 25.7.